The monoisotopic (exact) mass is 386 g/mol. The third-order valence-electron chi connectivity index (χ3n) is 3.96. The zero-order valence-electron chi connectivity index (χ0n) is 13.7. The molecule has 1 aliphatic heterocycles. The first-order chi connectivity index (χ1) is 12.7. The van der Waals surface area contributed by atoms with Crippen LogP contribution in [0.15, 0.2) is 48.5 Å². The first-order valence-electron chi connectivity index (χ1n) is 8.05. The Balaban J connectivity index is 1.47. The van der Waals surface area contributed by atoms with E-state index >= 15 is 0 Å². The smallest absolute Gasteiger partial charge is 0.324 e. The van der Waals surface area contributed by atoms with Crippen molar-refractivity contribution in [3.8, 4) is 17.1 Å². The summed E-state index contributed by atoms with van der Waals surface area (Å²) in [4.78, 5) is 18.7. The van der Waals surface area contributed by atoms with E-state index in [1.165, 1.54) is 0 Å². The van der Waals surface area contributed by atoms with Crippen molar-refractivity contribution in [2.75, 3.05) is 18.5 Å². The molecule has 0 spiro atoms. The summed E-state index contributed by atoms with van der Waals surface area (Å²) in [6, 6.07) is 14.8. The largest absolute Gasteiger partial charge is 0.491 e. The SMILES string of the molecule is O=C(Nc1nc(-c2ccccc2)ns1)N1CCOc2ccc(Cl)cc2C1. The van der Waals surface area contributed by atoms with Crippen molar-refractivity contribution in [1.29, 1.82) is 0 Å². The highest BCUT2D eigenvalue weighted by Gasteiger charge is 2.21. The van der Waals surface area contributed by atoms with Crippen LogP contribution >= 0.6 is 23.1 Å². The molecule has 6 nitrogen and oxygen atoms in total. The molecule has 0 saturated heterocycles. The lowest BCUT2D eigenvalue weighted by molar-refractivity contribution is 0.200. The van der Waals surface area contributed by atoms with Crippen LogP contribution < -0.4 is 10.1 Å². The molecule has 2 aromatic carbocycles. The fraction of sp³-hybridized carbons (Fsp3) is 0.167. The molecule has 0 unspecified atom stereocenters. The zero-order valence-corrected chi connectivity index (χ0v) is 15.3. The van der Waals surface area contributed by atoms with Gasteiger partial charge in [0, 0.05) is 27.7 Å². The summed E-state index contributed by atoms with van der Waals surface area (Å²) >= 11 is 7.21. The molecule has 1 N–H and O–H groups in total. The number of ether oxygens (including phenoxy) is 1. The van der Waals surface area contributed by atoms with Gasteiger partial charge in [-0.15, -0.1) is 0 Å². The Bertz CT molecular complexity index is 932. The van der Waals surface area contributed by atoms with Gasteiger partial charge in [0.25, 0.3) is 0 Å². The number of nitrogens with zero attached hydrogens (tertiary/aromatic N) is 3. The van der Waals surface area contributed by atoms with Gasteiger partial charge in [-0.3, -0.25) is 5.32 Å². The fourth-order valence-electron chi connectivity index (χ4n) is 2.69. The van der Waals surface area contributed by atoms with Crippen molar-refractivity contribution >= 4 is 34.3 Å². The van der Waals surface area contributed by atoms with Gasteiger partial charge in [0.2, 0.25) is 5.13 Å². The van der Waals surface area contributed by atoms with Crippen LogP contribution in [0.2, 0.25) is 5.02 Å². The van der Waals surface area contributed by atoms with Gasteiger partial charge in [-0.2, -0.15) is 9.36 Å². The van der Waals surface area contributed by atoms with Gasteiger partial charge in [-0.1, -0.05) is 41.9 Å². The first-order valence-corrected chi connectivity index (χ1v) is 9.20. The quantitative estimate of drug-likeness (QED) is 0.713. The van der Waals surface area contributed by atoms with Crippen molar-refractivity contribution < 1.29 is 9.53 Å². The van der Waals surface area contributed by atoms with E-state index in [0.29, 0.717) is 35.7 Å². The van der Waals surface area contributed by atoms with E-state index < -0.39 is 0 Å². The Morgan fingerprint density at radius 3 is 2.92 bits per heavy atom. The lowest BCUT2D eigenvalue weighted by Gasteiger charge is -2.19. The highest BCUT2D eigenvalue weighted by molar-refractivity contribution is 7.10. The second-order valence-electron chi connectivity index (χ2n) is 5.74. The van der Waals surface area contributed by atoms with Crippen molar-refractivity contribution in [3.05, 3.63) is 59.1 Å². The van der Waals surface area contributed by atoms with Crippen molar-refractivity contribution in [2.45, 2.75) is 6.54 Å². The van der Waals surface area contributed by atoms with E-state index in [2.05, 4.69) is 14.7 Å². The van der Waals surface area contributed by atoms with Gasteiger partial charge in [-0.05, 0) is 18.2 Å². The molecule has 8 heteroatoms. The maximum Gasteiger partial charge on any atom is 0.324 e. The number of rotatable bonds is 2. The van der Waals surface area contributed by atoms with Crippen LogP contribution in [-0.4, -0.2) is 33.4 Å². The van der Waals surface area contributed by atoms with Gasteiger partial charge < -0.3 is 9.64 Å². The number of urea groups is 1. The van der Waals surface area contributed by atoms with Crippen molar-refractivity contribution in [2.24, 2.45) is 0 Å². The molecule has 0 atom stereocenters. The molecule has 0 bridgehead atoms. The molecule has 26 heavy (non-hydrogen) atoms. The van der Waals surface area contributed by atoms with E-state index in [1.807, 2.05) is 42.5 Å². The number of fused-ring (bicyclic) bond motifs is 1. The standard InChI is InChI=1S/C18H15ClN4O2S/c19-14-6-7-15-13(10-14)11-23(8-9-25-15)18(24)21-17-20-16(22-26-17)12-4-2-1-3-5-12/h1-7,10H,8-9,11H2,(H,20,21,22,24). The van der Waals surface area contributed by atoms with E-state index in [-0.39, 0.29) is 6.03 Å². The minimum atomic E-state index is -0.239. The summed E-state index contributed by atoms with van der Waals surface area (Å²) in [7, 11) is 0. The molecule has 2 amide bonds. The maximum absolute atomic E-state index is 12.6. The van der Waals surface area contributed by atoms with E-state index in [0.717, 1.165) is 28.4 Å². The molecule has 4 rings (SSSR count). The Hall–Kier alpha value is -2.64. The number of aromatic nitrogens is 2. The highest BCUT2D eigenvalue weighted by atomic mass is 35.5. The molecule has 1 aromatic heterocycles. The van der Waals surface area contributed by atoms with Gasteiger partial charge in [-0.25, -0.2) is 4.79 Å². The summed E-state index contributed by atoms with van der Waals surface area (Å²) < 4.78 is 10.00. The molecule has 0 saturated carbocycles. The van der Waals surface area contributed by atoms with Crippen LogP contribution in [-0.2, 0) is 6.54 Å². The van der Waals surface area contributed by atoms with Crippen LogP contribution in [0.3, 0.4) is 0 Å². The van der Waals surface area contributed by atoms with E-state index in [1.54, 1.807) is 11.0 Å². The number of hydrogen-bond acceptors (Lipinski definition) is 5. The maximum atomic E-state index is 12.6. The number of hydrogen-bond donors (Lipinski definition) is 1. The predicted molar refractivity (Wildman–Crippen MR) is 102 cm³/mol. The van der Waals surface area contributed by atoms with Crippen LogP contribution in [0.1, 0.15) is 5.56 Å². The number of nitrogens with one attached hydrogen (secondary N) is 1. The third kappa shape index (κ3) is 3.63. The van der Waals surface area contributed by atoms with E-state index in [9.17, 15) is 4.79 Å². The topological polar surface area (TPSA) is 67.4 Å². The number of halogens is 1. The Labute approximate surface area is 159 Å². The van der Waals surface area contributed by atoms with Crippen molar-refractivity contribution in [1.82, 2.24) is 14.3 Å². The molecule has 0 fully saturated rings. The van der Waals surface area contributed by atoms with Crippen molar-refractivity contribution in [3.63, 3.8) is 0 Å². The summed E-state index contributed by atoms with van der Waals surface area (Å²) in [6.45, 7) is 1.32. The van der Waals surface area contributed by atoms with Crippen LogP contribution in [0, 0.1) is 0 Å². The first kappa shape index (κ1) is 16.8. The van der Waals surface area contributed by atoms with Crippen LogP contribution in [0.5, 0.6) is 5.75 Å². The van der Waals surface area contributed by atoms with Gasteiger partial charge >= 0.3 is 6.03 Å². The number of amides is 2. The third-order valence-corrected chi connectivity index (χ3v) is 4.83. The normalized spacial score (nSPS) is 13.5. The average molecular weight is 387 g/mol. The van der Waals surface area contributed by atoms with Gasteiger partial charge in [0.05, 0.1) is 13.1 Å². The van der Waals surface area contributed by atoms with Crippen LogP contribution in [0.25, 0.3) is 11.4 Å². The Morgan fingerprint density at radius 1 is 1.23 bits per heavy atom. The molecular formula is C18H15ClN4O2S. The number of carbonyl (C=O) groups excluding carboxylic acids is 1. The van der Waals surface area contributed by atoms with Crippen LogP contribution in [0.4, 0.5) is 9.93 Å². The number of benzene rings is 2. The summed E-state index contributed by atoms with van der Waals surface area (Å²) in [5, 5.41) is 3.90. The second-order valence-corrected chi connectivity index (χ2v) is 6.93. The molecule has 3 aromatic rings. The molecule has 0 aliphatic carbocycles. The van der Waals surface area contributed by atoms with E-state index in [4.69, 9.17) is 16.3 Å². The molecular weight excluding hydrogens is 372 g/mol. The molecule has 132 valence electrons. The summed E-state index contributed by atoms with van der Waals surface area (Å²) in [6.07, 6.45) is 0. The molecule has 0 radical (unpaired) electrons. The average Bonchev–Trinajstić information content (AvgIpc) is 3.01. The molecule has 1 aliphatic rings. The van der Waals surface area contributed by atoms with Gasteiger partial charge in [0.15, 0.2) is 5.82 Å². The second kappa shape index (κ2) is 7.31. The minimum Gasteiger partial charge on any atom is -0.491 e. The van der Waals surface area contributed by atoms with Gasteiger partial charge in [0.1, 0.15) is 12.4 Å². The number of carbonyl (C=O) groups is 1. The predicted octanol–water partition coefficient (Wildman–Crippen LogP) is 4.29. The lowest BCUT2D eigenvalue weighted by Crippen LogP contribution is -2.36. The molecule has 2 heterocycles. The lowest BCUT2D eigenvalue weighted by atomic mass is 10.2. The fourth-order valence-corrected chi connectivity index (χ4v) is 3.46. The zero-order chi connectivity index (χ0) is 17.9. The summed E-state index contributed by atoms with van der Waals surface area (Å²) in [5.74, 6) is 1.36. The minimum absolute atomic E-state index is 0.239. The Morgan fingerprint density at radius 2 is 2.08 bits per heavy atom. The Kier molecular flexibility index (Phi) is 4.73. The summed E-state index contributed by atoms with van der Waals surface area (Å²) in [5.41, 5.74) is 1.79. The highest BCUT2D eigenvalue weighted by Crippen LogP contribution is 2.27. The number of anilines is 1.